The van der Waals surface area contributed by atoms with Crippen molar-refractivity contribution in [3.63, 3.8) is 0 Å². The lowest BCUT2D eigenvalue weighted by Gasteiger charge is -2.33. The third-order valence-electron chi connectivity index (χ3n) is 7.29. The van der Waals surface area contributed by atoms with Gasteiger partial charge in [-0.15, -0.1) is 0 Å². The van der Waals surface area contributed by atoms with Crippen molar-refractivity contribution in [2.24, 2.45) is 0 Å². The lowest BCUT2D eigenvalue weighted by atomic mass is 9.95. The molecule has 3 aromatic carbocycles. The van der Waals surface area contributed by atoms with Crippen LogP contribution < -0.4 is 14.4 Å². The molecule has 8 nitrogen and oxygen atoms in total. The van der Waals surface area contributed by atoms with E-state index in [1.165, 1.54) is 30.6 Å². The van der Waals surface area contributed by atoms with E-state index in [4.69, 9.17) is 4.74 Å². The molecule has 212 valence electrons. The number of carbonyl (C=O) groups is 2. The van der Waals surface area contributed by atoms with Gasteiger partial charge < -0.3 is 15.0 Å². The van der Waals surface area contributed by atoms with Crippen LogP contribution in [0.1, 0.15) is 44.6 Å². The topological polar surface area (TPSA) is 96.0 Å². The maximum atomic E-state index is 14.0. The predicted octanol–water partition coefficient (Wildman–Crippen LogP) is 4.76. The Morgan fingerprint density at radius 3 is 2.10 bits per heavy atom. The van der Waals surface area contributed by atoms with Crippen LogP contribution >= 0.6 is 0 Å². The van der Waals surface area contributed by atoms with E-state index in [0.717, 1.165) is 35.6 Å². The van der Waals surface area contributed by atoms with Gasteiger partial charge in [0.05, 0.1) is 17.7 Å². The molecule has 4 rings (SSSR count). The van der Waals surface area contributed by atoms with Gasteiger partial charge in [-0.3, -0.25) is 13.9 Å². The minimum absolute atomic E-state index is 0.0302. The Morgan fingerprint density at radius 1 is 0.900 bits per heavy atom. The maximum absolute atomic E-state index is 14.0. The second-order valence-electron chi connectivity index (χ2n) is 10.0. The molecule has 40 heavy (non-hydrogen) atoms. The number of para-hydroxylation sites is 1. The molecule has 1 N–H and O–H groups in total. The van der Waals surface area contributed by atoms with Crippen LogP contribution in [0.5, 0.6) is 5.75 Å². The molecule has 1 aliphatic rings. The van der Waals surface area contributed by atoms with Crippen molar-refractivity contribution in [1.29, 1.82) is 0 Å². The molecule has 0 radical (unpaired) electrons. The number of amides is 2. The Labute approximate surface area is 237 Å². The van der Waals surface area contributed by atoms with Gasteiger partial charge in [-0.2, -0.15) is 0 Å². The molecule has 1 atom stereocenters. The third kappa shape index (κ3) is 7.21. The van der Waals surface area contributed by atoms with Crippen molar-refractivity contribution in [3.05, 3.63) is 90.5 Å². The monoisotopic (exact) mass is 563 g/mol. The quantitative estimate of drug-likeness (QED) is 0.363. The molecular formula is C31H37N3O5S. The lowest BCUT2D eigenvalue weighted by molar-refractivity contribution is -0.139. The van der Waals surface area contributed by atoms with Gasteiger partial charge in [0.15, 0.2) is 0 Å². The zero-order valence-corrected chi connectivity index (χ0v) is 23.8. The highest BCUT2D eigenvalue weighted by Crippen LogP contribution is 2.26. The molecule has 0 aromatic heterocycles. The zero-order valence-electron chi connectivity index (χ0n) is 23.0. The van der Waals surface area contributed by atoms with Crippen molar-refractivity contribution in [3.8, 4) is 5.75 Å². The number of methoxy groups -OCH3 is 1. The van der Waals surface area contributed by atoms with E-state index in [2.05, 4.69) is 5.32 Å². The zero-order chi connectivity index (χ0) is 28.5. The highest BCUT2D eigenvalue weighted by atomic mass is 32.2. The number of anilines is 1. The number of sulfonamides is 1. The van der Waals surface area contributed by atoms with E-state index in [9.17, 15) is 18.0 Å². The maximum Gasteiger partial charge on any atom is 0.264 e. The largest absolute Gasteiger partial charge is 0.497 e. The second kappa shape index (κ2) is 13.5. The highest BCUT2D eigenvalue weighted by Gasteiger charge is 2.33. The summed E-state index contributed by atoms with van der Waals surface area (Å²) in [6.07, 6.45) is 5.15. The van der Waals surface area contributed by atoms with Gasteiger partial charge in [0.2, 0.25) is 11.8 Å². The number of benzene rings is 3. The number of hydrogen-bond donors (Lipinski definition) is 1. The average Bonchev–Trinajstić information content (AvgIpc) is 2.99. The molecule has 0 unspecified atom stereocenters. The van der Waals surface area contributed by atoms with Crippen LogP contribution in [0.25, 0.3) is 0 Å². The van der Waals surface area contributed by atoms with Crippen LogP contribution in [0, 0.1) is 0 Å². The smallest absolute Gasteiger partial charge is 0.264 e. The number of rotatable bonds is 11. The van der Waals surface area contributed by atoms with Crippen LogP contribution in [-0.4, -0.2) is 50.9 Å². The summed E-state index contributed by atoms with van der Waals surface area (Å²) in [5.74, 6) is -0.190. The number of ether oxygens (including phenoxy) is 1. The number of nitrogens with zero attached hydrogens (tertiary/aromatic N) is 2. The first-order valence-electron chi connectivity index (χ1n) is 13.6. The van der Waals surface area contributed by atoms with Gasteiger partial charge in [0, 0.05) is 12.6 Å². The van der Waals surface area contributed by atoms with Gasteiger partial charge in [0.25, 0.3) is 10.0 Å². The van der Waals surface area contributed by atoms with E-state index in [0.29, 0.717) is 11.4 Å². The van der Waals surface area contributed by atoms with Crippen molar-refractivity contribution in [2.45, 2.75) is 62.6 Å². The first-order valence-corrected chi connectivity index (χ1v) is 15.1. The molecular weight excluding hydrogens is 526 g/mol. The van der Waals surface area contributed by atoms with Crippen LogP contribution in [0.3, 0.4) is 0 Å². The summed E-state index contributed by atoms with van der Waals surface area (Å²) in [7, 11) is -2.61. The van der Waals surface area contributed by atoms with E-state index in [1.54, 1.807) is 49.4 Å². The molecule has 9 heteroatoms. The summed E-state index contributed by atoms with van der Waals surface area (Å²) >= 11 is 0. The molecule has 1 fully saturated rings. The third-order valence-corrected chi connectivity index (χ3v) is 9.07. The van der Waals surface area contributed by atoms with E-state index in [1.807, 2.05) is 30.3 Å². The molecule has 2 amide bonds. The molecule has 0 spiro atoms. The number of nitrogens with one attached hydrogen (secondary N) is 1. The van der Waals surface area contributed by atoms with Crippen LogP contribution in [-0.2, 0) is 26.2 Å². The minimum atomic E-state index is -4.12. The van der Waals surface area contributed by atoms with E-state index in [-0.39, 0.29) is 23.4 Å². The van der Waals surface area contributed by atoms with Gasteiger partial charge >= 0.3 is 0 Å². The first kappa shape index (κ1) is 29.1. The van der Waals surface area contributed by atoms with Gasteiger partial charge in [0.1, 0.15) is 18.3 Å². The van der Waals surface area contributed by atoms with Crippen LogP contribution in [0.4, 0.5) is 5.69 Å². The summed E-state index contributed by atoms with van der Waals surface area (Å²) in [6.45, 7) is 1.40. The molecule has 1 saturated carbocycles. The first-order chi connectivity index (χ1) is 19.3. The second-order valence-corrected chi connectivity index (χ2v) is 11.9. The van der Waals surface area contributed by atoms with Crippen LogP contribution in [0.15, 0.2) is 89.8 Å². The summed E-state index contributed by atoms with van der Waals surface area (Å²) in [6, 6.07) is 23.2. The Hall–Kier alpha value is -3.85. The minimum Gasteiger partial charge on any atom is -0.497 e. The van der Waals surface area contributed by atoms with Gasteiger partial charge in [-0.25, -0.2) is 8.42 Å². The molecule has 0 saturated heterocycles. The Morgan fingerprint density at radius 2 is 1.50 bits per heavy atom. The van der Waals surface area contributed by atoms with E-state index < -0.39 is 28.5 Å². The molecule has 0 bridgehead atoms. The number of hydrogen-bond acceptors (Lipinski definition) is 5. The number of carbonyl (C=O) groups excluding carboxylic acids is 2. The van der Waals surface area contributed by atoms with Gasteiger partial charge in [-0.05, 0) is 61.7 Å². The molecule has 3 aromatic rings. The summed E-state index contributed by atoms with van der Waals surface area (Å²) in [4.78, 5) is 28.8. The van der Waals surface area contributed by atoms with Crippen LogP contribution in [0.2, 0.25) is 0 Å². The lowest BCUT2D eigenvalue weighted by Crippen LogP contribution is -2.53. The Balaban J connectivity index is 1.64. The SMILES string of the molecule is COc1ccc(S(=O)(=O)N(CC(=O)N(Cc2ccccc2)[C@@H](C)C(=O)NC2CCCCC2)c2ccccc2)cc1. The van der Waals surface area contributed by atoms with Crippen molar-refractivity contribution < 1.29 is 22.7 Å². The Kier molecular flexibility index (Phi) is 9.82. The normalized spacial score (nSPS) is 14.7. The van der Waals surface area contributed by atoms with E-state index >= 15 is 0 Å². The summed E-state index contributed by atoms with van der Waals surface area (Å²) in [5.41, 5.74) is 1.20. The summed E-state index contributed by atoms with van der Waals surface area (Å²) < 4.78 is 34.0. The fourth-order valence-electron chi connectivity index (χ4n) is 4.93. The fraction of sp³-hybridized carbons (Fsp3) is 0.355. The van der Waals surface area contributed by atoms with Gasteiger partial charge in [-0.1, -0.05) is 67.8 Å². The fourth-order valence-corrected chi connectivity index (χ4v) is 6.34. The highest BCUT2D eigenvalue weighted by molar-refractivity contribution is 7.92. The molecule has 0 heterocycles. The average molecular weight is 564 g/mol. The van der Waals surface area contributed by atoms with Crippen molar-refractivity contribution in [1.82, 2.24) is 10.2 Å². The van der Waals surface area contributed by atoms with Crippen molar-refractivity contribution >= 4 is 27.5 Å². The molecule has 0 aliphatic heterocycles. The Bertz CT molecular complexity index is 1360. The summed E-state index contributed by atoms with van der Waals surface area (Å²) in [5, 5.41) is 3.12. The predicted molar refractivity (Wildman–Crippen MR) is 155 cm³/mol. The standard InChI is InChI=1S/C31H37N3O5S/c1-24(31(36)32-26-14-8-4-9-15-26)33(22-25-12-6-3-7-13-25)30(35)23-34(27-16-10-5-11-17-27)40(37,38)29-20-18-28(39-2)19-21-29/h3,5-7,10-13,16-21,24,26H,4,8-9,14-15,22-23H2,1-2H3,(H,32,36)/t24-/m0/s1. The van der Waals surface area contributed by atoms with Crippen molar-refractivity contribution in [2.75, 3.05) is 18.0 Å². The molecule has 1 aliphatic carbocycles.